The highest BCUT2D eigenvalue weighted by atomic mass is 16.3. The Bertz CT molecular complexity index is 578. The molecule has 2 amide bonds. The van der Waals surface area contributed by atoms with Crippen LogP contribution in [0.4, 0.5) is 10.6 Å². The number of nitrogens with one attached hydrogen (secondary N) is 1. The SMILES string of the molecule is Cc1cc(NC(=O)N2CCC[C@@H]2[C@@H]2CCCC[C@@H]2O)nnc1C. The Morgan fingerprint density at radius 3 is 2.74 bits per heavy atom. The zero-order chi connectivity index (χ0) is 16.4. The number of hydrogen-bond acceptors (Lipinski definition) is 4. The fraction of sp³-hybridized carbons (Fsp3) is 0.706. The van der Waals surface area contributed by atoms with Gasteiger partial charge < -0.3 is 10.0 Å². The molecule has 0 aromatic carbocycles. The van der Waals surface area contributed by atoms with Gasteiger partial charge in [-0.1, -0.05) is 12.8 Å². The first-order valence-electron chi connectivity index (χ1n) is 8.63. The van der Waals surface area contributed by atoms with E-state index >= 15 is 0 Å². The zero-order valence-electron chi connectivity index (χ0n) is 14.0. The predicted molar refractivity (Wildman–Crippen MR) is 88.2 cm³/mol. The molecule has 3 atom stereocenters. The number of aromatic nitrogens is 2. The Labute approximate surface area is 137 Å². The van der Waals surface area contributed by atoms with Crippen LogP contribution in [0.2, 0.25) is 0 Å². The van der Waals surface area contributed by atoms with Crippen molar-refractivity contribution < 1.29 is 9.90 Å². The molecule has 2 N–H and O–H groups in total. The number of aliphatic hydroxyl groups is 1. The van der Waals surface area contributed by atoms with Gasteiger partial charge in [0.15, 0.2) is 5.82 Å². The van der Waals surface area contributed by atoms with E-state index in [2.05, 4.69) is 15.5 Å². The van der Waals surface area contributed by atoms with Crippen LogP contribution in [0.3, 0.4) is 0 Å². The van der Waals surface area contributed by atoms with Gasteiger partial charge in [0.05, 0.1) is 11.8 Å². The summed E-state index contributed by atoms with van der Waals surface area (Å²) in [7, 11) is 0. The lowest BCUT2D eigenvalue weighted by atomic mass is 9.80. The van der Waals surface area contributed by atoms with E-state index in [1.165, 1.54) is 0 Å². The quantitative estimate of drug-likeness (QED) is 0.878. The zero-order valence-corrected chi connectivity index (χ0v) is 14.0. The summed E-state index contributed by atoms with van der Waals surface area (Å²) in [4.78, 5) is 14.5. The second kappa shape index (κ2) is 6.83. The van der Waals surface area contributed by atoms with Gasteiger partial charge in [-0.3, -0.25) is 5.32 Å². The maximum Gasteiger partial charge on any atom is 0.323 e. The number of carbonyl (C=O) groups is 1. The summed E-state index contributed by atoms with van der Waals surface area (Å²) in [6, 6.07) is 1.87. The number of urea groups is 1. The number of rotatable bonds is 2. The Balaban J connectivity index is 1.69. The second-order valence-electron chi connectivity index (χ2n) is 6.85. The molecular weight excluding hydrogens is 292 g/mol. The minimum Gasteiger partial charge on any atom is -0.393 e. The third-order valence-electron chi connectivity index (χ3n) is 5.30. The van der Waals surface area contributed by atoms with Crippen LogP contribution in [0.5, 0.6) is 0 Å². The molecule has 1 saturated heterocycles. The first kappa shape index (κ1) is 16.2. The fourth-order valence-corrected chi connectivity index (χ4v) is 3.87. The summed E-state index contributed by atoms with van der Waals surface area (Å²) in [5.74, 6) is 0.704. The van der Waals surface area contributed by atoms with E-state index in [0.29, 0.717) is 5.82 Å². The van der Waals surface area contributed by atoms with Crippen molar-refractivity contribution in [3.8, 4) is 0 Å². The highest BCUT2D eigenvalue weighted by Crippen LogP contribution is 2.34. The Hall–Kier alpha value is -1.69. The van der Waals surface area contributed by atoms with Gasteiger partial charge in [0, 0.05) is 18.5 Å². The van der Waals surface area contributed by atoms with Crippen molar-refractivity contribution in [3.63, 3.8) is 0 Å². The van der Waals surface area contributed by atoms with Crippen molar-refractivity contribution in [1.29, 1.82) is 0 Å². The van der Waals surface area contributed by atoms with Gasteiger partial charge in [0.25, 0.3) is 0 Å². The van der Waals surface area contributed by atoms with Crippen molar-refractivity contribution in [2.24, 2.45) is 5.92 Å². The Kier molecular flexibility index (Phi) is 4.80. The monoisotopic (exact) mass is 318 g/mol. The van der Waals surface area contributed by atoms with Gasteiger partial charge in [0.2, 0.25) is 0 Å². The van der Waals surface area contributed by atoms with Crippen LogP contribution in [-0.4, -0.2) is 44.9 Å². The lowest BCUT2D eigenvalue weighted by molar-refractivity contribution is 0.0320. The van der Waals surface area contributed by atoms with Crippen LogP contribution in [-0.2, 0) is 0 Å². The molecule has 2 heterocycles. The standard InChI is InChI=1S/C17H26N4O2/c1-11-10-16(20-19-12(11)2)18-17(23)21-9-5-7-14(21)13-6-3-4-8-15(13)22/h10,13-15,22H,3-9H2,1-2H3,(H,18,20,23)/t13-,14+,15-/m0/s1. The average molecular weight is 318 g/mol. The Morgan fingerprint density at radius 2 is 2.00 bits per heavy atom. The van der Waals surface area contributed by atoms with E-state index in [1.54, 1.807) is 0 Å². The number of aryl methyl sites for hydroxylation is 2. The predicted octanol–water partition coefficient (Wildman–Crippen LogP) is 2.64. The number of aliphatic hydroxyl groups excluding tert-OH is 1. The van der Waals surface area contributed by atoms with Crippen LogP contribution < -0.4 is 5.32 Å². The van der Waals surface area contributed by atoms with E-state index in [1.807, 2.05) is 24.8 Å². The van der Waals surface area contributed by atoms with Crippen LogP contribution in [0.25, 0.3) is 0 Å². The topological polar surface area (TPSA) is 78.4 Å². The molecule has 0 unspecified atom stereocenters. The Morgan fingerprint density at radius 1 is 1.22 bits per heavy atom. The molecular formula is C17H26N4O2. The molecule has 1 aliphatic carbocycles. The highest BCUT2D eigenvalue weighted by molar-refractivity contribution is 5.88. The van der Waals surface area contributed by atoms with E-state index in [9.17, 15) is 9.90 Å². The van der Waals surface area contributed by atoms with E-state index in [-0.39, 0.29) is 24.1 Å². The lowest BCUT2D eigenvalue weighted by Crippen LogP contribution is -2.46. The lowest BCUT2D eigenvalue weighted by Gasteiger charge is -2.37. The minimum absolute atomic E-state index is 0.122. The normalized spacial score (nSPS) is 28.0. The molecule has 2 fully saturated rings. The second-order valence-corrected chi connectivity index (χ2v) is 6.85. The molecule has 23 heavy (non-hydrogen) atoms. The van der Waals surface area contributed by atoms with Gasteiger partial charge >= 0.3 is 6.03 Å². The number of likely N-dealkylation sites (tertiary alicyclic amines) is 1. The average Bonchev–Trinajstić information content (AvgIpc) is 3.01. The van der Waals surface area contributed by atoms with Gasteiger partial charge in [-0.15, -0.1) is 5.10 Å². The van der Waals surface area contributed by atoms with Crippen molar-refractivity contribution in [1.82, 2.24) is 15.1 Å². The molecule has 0 bridgehead atoms. The molecule has 6 heteroatoms. The third-order valence-corrected chi connectivity index (χ3v) is 5.30. The van der Waals surface area contributed by atoms with E-state index in [0.717, 1.165) is 56.3 Å². The van der Waals surface area contributed by atoms with Crippen molar-refractivity contribution in [3.05, 3.63) is 17.3 Å². The van der Waals surface area contributed by atoms with E-state index < -0.39 is 0 Å². The number of carbonyl (C=O) groups excluding carboxylic acids is 1. The summed E-state index contributed by atoms with van der Waals surface area (Å²) in [5.41, 5.74) is 1.88. The summed E-state index contributed by atoms with van der Waals surface area (Å²) in [6.45, 7) is 4.60. The first-order chi connectivity index (χ1) is 11.1. The maximum absolute atomic E-state index is 12.6. The highest BCUT2D eigenvalue weighted by Gasteiger charge is 2.39. The van der Waals surface area contributed by atoms with Crippen molar-refractivity contribution in [2.75, 3.05) is 11.9 Å². The molecule has 1 aliphatic heterocycles. The fourth-order valence-electron chi connectivity index (χ4n) is 3.87. The molecule has 2 aliphatic rings. The molecule has 0 spiro atoms. The molecule has 3 rings (SSSR count). The van der Waals surface area contributed by atoms with Gasteiger partial charge in [0.1, 0.15) is 0 Å². The molecule has 6 nitrogen and oxygen atoms in total. The molecule has 126 valence electrons. The van der Waals surface area contributed by atoms with Crippen LogP contribution in [0.1, 0.15) is 49.8 Å². The summed E-state index contributed by atoms with van der Waals surface area (Å²) in [5, 5.41) is 21.3. The molecule has 1 saturated carbocycles. The first-order valence-corrected chi connectivity index (χ1v) is 8.63. The third kappa shape index (κ3) is 3.47. The summed E-state index contributed by atoms with van der Waals surface area (Å²) < 4.78 is 0. The molecule has 0 radical (unpaired) electrons. The van der Waals surface area contributed by atoms with Gasteiger partial charge in [-0.05, 0) is 51.2 Å². The van der Waals surface area contributed by atoms with Crippen molar-refractivity contribution >= 4 is 11.8 Å². The minimum atomic E-state index is -0.274. The van der Waals surface area contributed by atoms with Gasteiger partial charge in [-0.25, -0.2) is 4.79 Å². The summed E-state index contributed by atoms with van der Waals surface area (Å²) >= 11 is 0. The molecule has 1 aromatic heterocycles. The smallest absolute Gasteiger partial charge is 0.323 e. The van der Waals surface area contributed by atoms with Crippen LogP contribution in [0, 0.1) is 19.8 Å². The maximum atomic E-state index is 12.6. The van der Waals surface area contributed by atoms with Crippen LogP contribution >= 0.6 is 0 Å². The van der Waals surface area contributed by atoms with E-state index in [4.69, 9.17) is 0 Å². The number of anilines is 1. The number of hydrogen-bond donors (Lipinski definition) is 2. The largest absolute Gasteiger partial charge is 0.393 e. The molecule has 1 aromatic rings. The van der Waals surface area contributed by atoms with Crippen molar-refractivity contribution in [2.45, 2.75) is 64.5 Å². The van der Waals surface area contributed by atoms with Crippen LogP contribution in [0.15, 0.2) is 6.07 Å². The van der Waals surface area contributed by atoms with Gasteiger partial charge in [-0.2, -0.15) is 5.10 Å². The number of amides is 2. The summed E-state index contributed by atoms with van der Waals surface area (Å²) in [6.07, 6.45) is 5.82. The number of nitrogens with zero attached hydrogens (tertiary/aromatic N) is 3.